The minimum Gasteiger partial charge on any atom is -0.282 e. The van der Waals surface area contributed by atoms with Crippen LogP contribution in [0.2, 0.25) is 0 Å². The number of aryl methyl sites for hydroxylation is 1. The van der Waals surface area contributed by atoms with E-state index in [4.69, 9.17) is 12.7 Å². The number of pyridine rings is 1. The predicted molar refractivity (Wildman–Crippen MR) is 99.0 cm³/mol. The summed E-state index contributed by atoms with van der Waals surface area (Å²) >= 11 is -5.25. The van der Waals surface area contributed by atoms with Gasteiger partial charge in [-0.25, -0.2) is 0 Å². The fourth-order valence-electron chi connectivity index (χ4n) is 1.87. The Morgan fingerprint density at radius 2 is 1.78 bits per heavy atom. The van der Waals surface area contributed by atoms with Gasteiger partial charge in [0.1, 0.15) is 4.90 Å². The fraction of sp³-hybridized carbons (Fsp3) is 0.143. The molecule has 2 aromatic rings. The van der Waals surface area contributed by atoms with Crippen LogP contribution in [-0.2, 0) is 18.7 Å². The number of aromatic hydroxyl groups is 1. The first-order valence-corrected chi connectivity index (χ1v) is 11.7. The number of halogens is 1. The molecule has 1 aromatic carbocycles. The third kappa shape index (κ3) is 7.71. The molecule has 0 fully saturated rings. The molecule has 0 saturated heterocycles. The van der Waals surface area contributed by atoms with Crippen molar-refractivity contribution in [1.29, 1.82) is 0 Å². The molecule has 1 amide bonds. The van der Waals surface area contributed by atoms with Crippen LogP contribution < -0.4 is 9.67 Å². The zero-order chi connectivity index (χ0) is 20.1. The number of amides is 1. The third-order valence-electron chi connectivity index (χ3n) is 2.85. The molecule has 13 heteroatoms. The van der Waals surface area contributed by atoms with Crippen LogP contribution in [0.15, 0.2) is 41.4 Å². The number of carbonyl (C=O) groups excluding carboxylic acids is 1. The van der Waals surface area contributed by atoms with Crippen LogP contribution >= 0.6 is 12.4 Å². The minimum atomic E-state index is -5.25. The first kappa shape index (κ1) is 25.1. The predicted octanol–water partition coefficient (Wildman–Crippen LogP) is -0.0299. The molecule has 2 rings (SSSR count). The van der Waals surface area contributed by atoms with E-state index in [9.17, 15) is 22.1 Å². The van der Waals surface area contributed by atoms with Crippen molar-refractivity contribution in [3.63, 3.8) is 0 Å². The van der Waals surface area contributed by atoms with Crippen molar-refractivity contribution in [3.05, 3.63) is 42.2 Å². The first-order chi connectivity index (χ1) is 11.8. The fourth-order valence-corrected chi connectivity index (χ4v) is 4.26. The van der Waals surface area contributed by atoms with E-state index >= 15 is 0 Å². The summed E-state index contributed by atoms with van der Waals surface area (Å²) in [6.45, 7) is 2.73. The van der Waals surface area contributed by atoms with E-state index in [2.05, 4.69) is 10.3 Å². The van der Waals surface area contributed by atoms with E-state index < -0.39 is 40.3 Å². The Morgan fingerprint density at radius 3 is 2.19 bits per heavy atom. The van der Waals surface area contributed by atoms with E-state index in [-0.39, 0.29) is 23.0 Å². The van der Waals surface area contributed by atoms with Gasteiger partial charge in [-0.05, 0) is 19.1 Å². The van der Waals surface area contributed by atoms with Crippen molar-refractivity contribution in [1.82, 2.24) is 4.98 Å². The van der Waals surface area contributed by atoms with Crippen molar-refractivity contribution in [2.75, 3.05) is 5.32 Å². The van der Waals surface area contributed by atoms with Crippen LogP contribution in [0.25, 0.3) is 0 Å². The number of phenolic OH excluding ortho intramolecular Hbond substituents is 1. The second kappa shape index (κ2) is 9.88. The first-order valence-electron chi connectivity index (χ1n) is 6.89. The molecule has 150 valence electrons. The SMILES string of the molecule is CC(=O)Nc1cccc(O)c1[As](=O)(O)O.Cc1ncccc1S(=O)(=O)O.Cl. The Bertz CT molecular complexity index is 961. The van der Waals surface area contributed by atoms with Crippen LogP contribution in [0.4, 0.5) is 5.69 Å². The normalized spacial score (nSPS) is 10.9. The summed E-state index contributed by atoms with van der Waals surface area (Å²) in [5.74, 6) is -0.987. The minimum absolute atomic E-state index is 0. The molecule has 10 nitrogen and oxygen atoms in total. The Balaban J connectivity index is 0.000000504. The molecule has 0 aliphatic carbocycles. The molecule has 0 aliphatic rings. The molecular formula is C14H18AsClN2O8S. The third-order valence-corrected chi connectivity index (χ3v) is 6.05. The standard InChI is InChI=1S/C8H10AsNO5.C6H7NO3S.ClH/c1-5(11)10-6-3-2-4-7(12)8(6)9(13,14)15;1-5-6(11(8,9)10)3-2-4-7-5;/h2-4,12H,1H3,(H,10,11)(H2,13,14,15);2-4H,1H3,(H,8,9,10);1H. The number of aromatic nitrogens is 1. The zero-order valence-corrected chi connectivity index (χ0v) is 17.6. The summed E-state index contributed by atoms with van der Waals surface area (Å²) in [5.41, 5.74) is 0.241. The number of rotatable bonds is 3. The van der Waals surface area contributed by atoms with E-state index in [1.807, 2.05) is 0 Å². The van der Waals surface area contributed by atoms with Crippen molar-refractivity contribution in [3.8, 4) is 5.75 Å². The summed E-state index contributed by atoms with van der Waals surface area (Å²) in [5, 5.41) is 11.6. The van der Waals surface area contributed by atoms with Gasteiger partial charge in [-0.1, -0.05) is 0 Å². The Hall–Kier alpha value is -1.88. The van der Waals surface area contributed by atoms with Gasteiger partial charge in [0.15, 0.2) is 0 Å². The quantitative estimate of drug-likeness (QED) is 0.296. The van der Waals surface area contributed by atoms with Crippen LogP contribution in [0.3, 0.4) is 0 Å². The van der Waals surface area contributed by atoms with Crippen molar-refractivity contribution < 1.29 is 34.8 Å². The van der Waals surface area contributed by atoms with Crippen molar-refractivity contribution in [2.45, 2.75) is 18.7 Å². The maximum absolute atomic E-state index is 11.1. The molecule has 5 N–H and O–H groups in total. The van der Waals surface area contributed by atoms with Gasteiger partial charge in [0.2, 0.25) is 0 Å². The number of hydrogen-bond acceptors (Lipinski definition) is 6. The number of benzene rings is 1. The smallest absolute Gasteiger partial charge is 0.282 e. The second-order valence-electron chi connectivity index (χ2n) is 4.96. The number of carbonyl (C=O) groups is 1. The number of nitrogens with zero attached hydrogens (tertiary/aromatic N) is 1. The molecule has 1 aromatic heterocycles. The van der Waals surface area contributed by atoms with E-state index in [1.165, 1.54) is 44.3 Å². The van der Waals surface area contributed by atoms with Crippen LogP contribution in [0, 0.1) is 6.92 Å². The van der Waals surface area contributed by atoms with Crippen molar-refractivity contribution in [2.24, 2.45) is 0 Å². The molecular weight excluding hydrogens is 467 g/mol. The molecule has 0 aliphatic heterocycles. The van der Waals surface area contributed by atoms with Crippen molar-refractivity contribution >= 4 is 52.6 Å². The Morgan fingerprint density at radius 1 is 1.19 bits per heavy atom. The average Bonchev–Trinajstić information content (AvgIpc) is 2.45. The monoisotopic (exact) mass is 484 g/mol. The van der Waals surface area contributed by atoms with Gasteiger partial charge in [0.05, 0.1) is 5.69 Å². The number of hydrogen-bond donors (Lipinski definition) is 5. The van der Waals surface area contributed by atoms with Crippen LogP contribution in [0.1, 0.15) is 12.6 Å². The number of anilines is 1. The van der Waals surface area contributed by atoms with Gasteiger partial charge in [0, 0.05) is 6.20 Å². The summed E-state index contributed by atoms with van der Waals surface area (Å²) in [4.78, 5) is 14.3. The second-order valence-corrected chi connectivity index (χ2v) is 9.57. The van der Waals surface area contributed by atoms with Gasteiger partial charge in [0.25, 0.3) is 10.1 Å². The Labute approximate surface area is 164 Å². The molecule has 0 radical (unpaired) electrons. The van der Waals surface area contributed by atoms with E-state index in [0.717, 1.165) is 6.07 Å². The summed E-state index contributed by atoms with van der Waals surface area (Å²) in [6, 6.07) is 6.61. The summed E-state index contributed by atoms with van der Waals surface area (Å²) in [6.07, 6.45) is 1.46. The average molecular weight is 485 g/mol. The summed E-state index contributed by atoms with van der Waals surface area (Å²) < 4.78 is 58.4. The van der Waals surface area contributed by atoms with Crippen LogP contribution in [-0.4, -0.2) is 51.3 Å². The van der Waals surface area contributed by atoms with Gasteiger partial charge in [-0.2, -0.15) is 8.42 Å². The van der Waals surface area contributed by atoms with Gasteiger partial charge >= 0.3 is 88.1 Å². The largest absolute Gasteiger partial charge is 0.296 e. The number of phenols is 1. The molecule has 0 bridgehead atoms. The maximum Gasteiger partial charge on any atom is 0.296 e. The van der Waals surface area contributed by atoms with Gasteiger partial charge in [-0.3, -0.25) is 9.54 Å². The topological polar surface area (TPSA) is 174 Å². The Kier molecular flexibility index (Phi) is 9.19. The van der Waals surface area contributed by atoms with E-state index in [0.29, 0.717) is 5.69 Å². The number of nitrogens with one attached hydrogen (secondary N) is 1. The maximum atomic E-state index is 11.1. The molecule has 0 unspecified atom stereocenters. The molecule has 0 spiro atoms. The molecule has 27 heavy (non-hydrogen) atoms. The van der Waals surface area contributed by atoms with Crippen LogP contribution in [0.5, 0.6) is 5.75 Å². The van der Waals surface area contributed by atoms with Gasteiger partial charge < -0.3 is 0 Å². The zero-order valence-electron chi connectivity index (χ0n) is 14.1. The molecule has 1 heterocycles. The van der Waals surface area contributed by atoms with E-state index in [1.54, 1.807) is 0 Å². The molecule has 0 saturated carbocycles. The van der Waals surface area contributed by atoms with Gasteiger partial charge in [-0.15, -0.1) is 12.4 Å². The summed E-state index contributed by atoms with van der Waals surface area (Å²) in [7, 11) is -4.10. The molecule has 0 atom stereocenters.